The van der Waals surface area contributed by atoms with Gasteiger partial charge in [0.15, 0.2) is 0 Å². The van der Waals surface area contributed by atoms with Crippen LogP contribution in [0.4, 0.5) is 17.1 Å². The summed E-state index contributed by atoms with van der Waals surface area (Å²) in [6.45, 7) is 0. The van der Waals surface area contributed by atoms with Gasteiger partial charge in [0.2, 0.25) is 0 Å². The monoisotopic (exact) mass is 689 g/mol. The molecule has 1 heterocycles. The van der Waals surface area contributed by atoms with Crippen molar-refractivity contribution < 1.29 is 4.42 Å². The summed E-state index contributed by atoms with van der Waals surface area (Å²) in [5, 5.41) is 4.76. The number of furan rings is 1. The van der Waals surface area contributed by atoms with Crippen LogP contribution in [0.25, 0.3) is 77.2 Å². The Labute approximate surface area is 314 Å². The molecule has 0 amide bonds. The van der Waals surface area contributed by atoms with E-state index in [2.05, 4.69) is 205 Å². The molecule has 1 aromatic heterocycles. The second-order valence-corrected chi connectivity index (χ2v) is 13.7. The van der Waals surface area contributed by atoms with Gasteiger partial charge in [-0.2, -0.15) is 0 Å². The van der Waals surface area contributed by atoms with Gasteiger partial charge in [-0.05, 0) is 98.2 Å². The minimum Gasteiger partial charge on any atom is -0.455 e. The number of anilines is 3. The molecule has 0 aliphatic heterocycles. The maximum atomic E-state index is 6.42. The molecular formula is C52H35NO. The molecular weight excluding hydrogens is 655 g/mol. The number of fused-ring (bicyclic) bond motifs is 4. The molecule has 0 aliphatic carbocycles. The highest BCUT2D eigenvalue weighted by Gasteiger charge is 2.18. The van der Waals surface area contributed by atoms with E-state index in [-0.39, 0.29) is 0 Å². The standard InChI is InChI=1S/C52H35NO/c1-3-13-38(14-4-1)46-33-32-45(35-50(46)39-15-5-2-6-16-39)53(43-28-24-37(25-29-43)42-23-22-36-12-7-8-17-41(36)34-42)44-30-26-40(27-31-44)47-19-11-20-49-48-18-9-10-21-51(48)54-52(47)49/h1-35H. The first kappa shape index (κ1) is 31.6. The van der Waals surface area contributed by atoms with Crippen LogP contribution in [0, 0.1) is 0 Å². The molecule has 9 aromatic carbocycles. The van der Waals surface area contributed by atoms with E-state index in [1.807, 2.05) is 12.1 Å². The van der Waals surface area contributed by atoms with Crippen molar-refractivity contribution in [2.45, 2.75) is 0 Å². The Morgan fingerprint density at radius 1 is 0.296 bits per heavy atom. The molecule has 0 unspecified atom stereocenters. The maximum absolute atomic E-state index is 6.42. The highest BCUT2D eigenvalue weighted by atomic mass is 16.3. The van der Waals surface area contributed by atoms with Crippen LogP contribution in [0.15, 0.2) is 217 Å². The van der Waals surface area contributed by atoms with Gasteiger partial charge in [0.25, 0.3) is 0 Å². The van der Waals surface area contributed by atoms with E-state index < -0.39 is 0 Å². The van der Waals surface area contributed by atoms with Gasteiger partial charge in [0.05, 0.1) is 0 Å². The summed E-state index contributed by atoms with van der Waals surface area (Å²) in [6.07, 6.45) is 0. The summed E-state index contributed by atoms with van der Waals surface area (Å²) in [5.74, 6) is 0. The number of hydrogen-bond acceptors (Lipinski definition) is 2. The van der Waals surface area contributed by atoms with Crippen LogP contribution in [-0.2, 0) is 0 Å². The smallest absolute Gasteiger partial charge is 0.143 e. The SMILES string of the molecule is c1ccc(-c2ccc(N(c3ccc(-c4ccc5ccccc5c4)cc3)c3ccc(-c4cccc5c4oc4ccccc45)cc3)cc2-c2ccccc2)cc1. The molecule has 0 atom stereocenters. The van der Waals surface area contributed by atoms with Crippen molar-refractivity contribution in [3.05, 3.63) is 212 Å². The van der Waals surface area contributed by atoms with Crippen LogP contribution in [-0.4, -0.2) is 0 Å². The molecule has 10 aromatic rings. The van der Waals surface area contributed by atoms with Gasteiger partial charge in [0.1, 0.15) is 11.2 Å². The van der Waals surface area contributed by atoms with Crippen molar-refractivity contribution in [1.82, 2.24) is 0 Å². The average molecular weight is 690 g/mol. The zero-order valence-electron chi connectivity index (χ0n) is 29.6. The second-order valence-electron chi connectivity index (χ2n) is 13.7. The Hall–Kier alpha value is -7.16. The Morgan fingerprint density at radius 2 is 0.852 bits per heavy atom. The van der Waals surface area contributed by atoms with Crippen LogP contribution in [0.2, 0.25) is 0 Å². The van der Waals surface area contributed by atoms with Crippen molar-refractivity contribution in [2.24, 2.45) is 0 Å². The highest BCUT2D eigenvalue weighted by molar-refractivity contribution is 6.09. The Morgan fingerprint density at radius 3 is 1.59 bits per heavy atom. The van der Waals surface area contributed by atoms with E-state index in [9.17, 15) is 0 Å². The fraction of sp³-hybridized carbons (Fsp3) is 0. The molecule has 54 heavy (non-hydrogen) atoms. The molecule has 2 nitrogen and oxygen atoms in total. The normalized spacial score (nSPS) is 11.3. The van der Waals surface area contributed by atoms with Gasteiger partial charge >= 0.3 is 0 Å². The lowest BCUT2D eigenvalue weighted by molar-refractivity contribution is 0.670. The number of para-hydroxylation sites is 2. The number of nitrogens with zero attached hydrogens (tertiary/aromatic N) is 1. The zero-order chi connectivity index (χ0) is 35.8. The third-order valence-corrected chi connectivity index (χ3v) is 10.5. The third kappa shape index (κ3) is 5.71. The predicted octanol–water partition coefficient (Wildman–Crippen LogP) is 14.9. The van der Waals surface area contributed by atoms with E-state index in [1.165, 1.54) is 44.2 Å². The van der Waals surface area contributed by atoms with Gasteiger partial charge in [-0.1, -0.05) is 164 Å². The summed E-state index contributed by atoms with van der Waals surface area (Å²) < 4.78 is 6.42. The summed E-state index contributed by atoms with van der Waals surface area (Å²) in [4.78, 5) is 2.36. The molecule has 0 radical (unpaired) electrons. The van der Waals surface area contributed by atoms with E-state index in [1.54, 1.807) is 0 Å². The summed E-state index contributed by atoms with van der Waals surface area (Å²) in [6, 6.07) is 75.9. The summed E-state index contributed by atoms with van der Waals surface area (Å²) >= 11 is 0. The van der Waals surface area contributed by atoms with Gasteiger partial charge in [0, 0.05) is 33.4 Å². The fourth-order valence-electron chi connectivity index (χ4n) is 7.78. The maximum Gasteiger partial charge on any atom is 0.143 e. The van der Waals surface area contributed by atoms with Gasteiger partial charge in [-0.25, -0.2) is 0 Å². The molecule has 0 bridgehead atoms. The quantitative estimate of drug-likeness (QED) is 0.166. The molecule has 0 saturated heterocycles. The lowest BCUT2D eigenvalue weighted by Crippen LogP contribution is -2.10. The Balaban J connectivity index is 1.10. The predicted molar refractivity (Wildman–Crippen MR) is 228 cm³/mol. The van der Waals surface area contributed by atoms with Crippen molar-refractivity contribution in [2.75, 3.05) is 4.90 Å². The minimum absolute atomic E-state index is 0.906. The molecule has 0 spiro atoms. The Bertz CT molecular complexity index is 2910. The first-order chi connectivity index (χ1) is 26.8. The molecule has 254 valence electrons. The number of rotatable bonds is 7. The van der Waals surface area contributed by atoms with Crippen molar-refractivity contribution in [3.8, 4) is 44.5 Å². The van der Waals surface area contributed by atoms with E-state index in [0.717, 1.165) is 50.1 Å². The lowest BCUT2D eigenvalue weighted by Gasteiger charge is -2.27. The second kappa shape index (κ2) is 13.4. The fourth-order valence-corrected chi connectivity index (χ4v) is 7.78. The van der Waals surface area contributed by atoms with Crippen LogP contribution in [0.3, 0.4) is 0 Å². The van der Waals surface area contributed by atoms with Crippen LogP contribution < -0.4 is 4.90 Å². The van der Waals surface area contributed by atoms with E-state index in [0.29, 0.717) is 0 Å². The minimum atomic E-state index is 0.906. The zero-order valence-corrected chi connectivity index (χ0v) is 29.6. The summed E-state index contributed by atoms with van der Waals surface area (Å²) in [5.41, 5.74) is 14.4. The number of benzene rings is 9. The molecule has 0 aliphatic rings. The van der Waals surface area contributed by atoms with Crippen LogP contribution in [0.5, 0.6) is 0 Å². The van der Waals surface area contributed by atoms with E-state index in [4.69, 9.17) is 4.42 Å². The number of hydrogen-bond donors (Lipinski definition) is 0. The topological polar surface area (TPSA) is 16.4 Å². The third-order valence-electron chi connectivity index (χ3n) is 10.5. The van der Waals surface area contributed by atoms with Crippen molar-refractivity contribution in [3.63, 3.8) is 0 Å². The molecule has 0 fully saturated rings. The van der Waals surface area contributed by atoms with Crippen molar-refractivity contribution >= 4 is 49.8 Å². The van der Waals surface area contributed by atoms with Gasteiger partial charge in [-0.15, -0.1) is 0 Å². The lowest BCUT2D eigenvalue weighted by atomic mass is 9.93. The van der Waals surface area contributed by atoms with Crippen LogP contribution >= 0.6 is 0 Å². The molecule has 10 rings (SSSR count). The van der Waals surface area contributed by atoms with E-state index >= 15 is 0 Å². The van der Waals surface area contributed by atoms with Gasteiger partial charge in [-0.3, -0.25) is 0 Å². The average Bonchev–Trinajstić information content (AvgIpc) is 3.64. The first-order valence-corrected chi connectivity index (χ1v) is 18.4. The van der Waals surface area contributed by atoms with Gasteiger partial charge < -0.3 is 9.32 Å². The summed E-state index contributed by atoms with van der Waals surface area (Å²) in [7, 11) is 0. The Kier molecular flexibility index (Phi) is 7.85. The van der Waals surface area contributed by atoms with Crippen molar-refractivity contribution in [1.29, 1.82) is 0 Å². The largest absolute Gasteiger partial charge is 0.455 e. The molecule has 2 heteroatoms. The highest BCUT2D eigenvalue weighted by Crippen LogP contribution is 2.42. The first-order valence-electron chi connectivity index (χ1n) is 18.4. The molecule has 0 saturated carbocycles. The van der Waals surface area contributed by atoms with Crippen LogP contribution in [0.1, 0.15) is 0 Å². The molecule has 0 N–H and O–H groups in total.